The van der Waals surface area contributed by atoms with E-state index in [1.807, 2.05) is 6.92 Å². The third-order valence-corrected chi connectivity index (χ3v) is 3.64. The van der Waals surface area contributed by atoms with Crippen molar-refractivity contribution in [1.82, 2.24) is 15.1 Å². The smallest absolute Gasteiger partial charge is 0.105 e. The van der Waals surface area contributed by atoms with Crippen molar-refractivity contribution in [3.05, 3.63) is 0 Å². The third-order valence-electron chi connectivity index (χ3n) is 3.64. The van der Waals surface area contributed by atoms with Crippen LogP contribution < -0.4 is 5.32 Å². The van der Waals surface area contributed by atoms with E-state index in [2.05, 4.69) is 63.0 Å². The molecular weight excluding hydrogens is 248 g/mol. The molecule has 0 rings (SSSR count). The first-order valence-corrected chi connectivity index (χ1v) is 7.81. The molecule has 4 nitrogen and oxygen atoms in total. The minimum atomic E-state index is -0.442. The Hall–Kier alpha value is -0.630. The highest BCUT2D eigenvalue weighted by Gasteiger charge is 2.28. The van der Waals surface area contributed by atoms with Crippen LogP contribution in [0.1, 0.15) is 47.5 Å². The van der Waals surface area contributed by atoms with Gasteiger partial charge in [0.2, 0.25) is 0 Å². The van der Waals surface area contributed by atoms with Gasteiger partial charge in [-0.25, -0.2) is 0 Å². The molecule has 0 heterocycles. The Balaban J connectivity index is 4.45. The summed E-state index contributed by atoms with van der Waals surface area (Å²) in [7, 11) is 4.22. The maximum Gasteiger partial charge on any atom is 0.105 e. The van der Waals surface area contributed by atoms with Gasteiger partial charge in [-0.1, -0.05) is 6.92 Å². The summed E-state index contributed by atoms with van der Waals surface area (Å²) in [5.74, 6) is 0. The Labute approximate surface area is 126 Å². The van der Waals surface area contributed by atoms with Gasteiger partial charge in [0.15, 0.2) is 0 Å². The zero-order valence-electron chi connectivity index (χ0n) is 14.5. The summed E-state index contributed by atoms with van der Waals surface area (Å²) in [6, 6.07) is 3.19. The Morgan fingerprint density at radius 1 is 1.20 bits per heavy atom. The molecular formula is C16H34N4. The summed E-state index contributed by atoms with van der Waals surface area (Å²) in [6.45, 7) is 13.9. The van der Waals surface area contributed by atoms with E-state index in [-0.39, 0.29) is 0 Å². The van der Waals surface area contributed by atoms with Gasteiger partial charge in [-0.05, 0) is 74.3 Å². The maximum atomic E-state index is 9.45. The first-order valence-electron chi connectivity index (χ1n) is 7.81. The molecule has 118 valence electrons. The molecule has 2 unspecified atom stereocenters. The van der Waals surface area contributed by atoms with Gasteiger partial charge in [0.05, 0.1) is 6.07 Å². The fraction of sp³-hybridized carbons (Fsp3) is 0.938. The van der Waals surface area contributed by atoms with Crippen molar-refractivity contribution in [2.45, 2.75) is 65.1 Å². The largest absolute Gasteiger partial charge is 0.309 e. The van der Waals surface area contributed by atoms with Crippen molar-refractivity contribution < 1.29 is 0 Å². The van der Waals surface area contributed by atoms with Gasteiger partial charge in [-0.3, -0.25) is 5.32 Å². The van der Waals surface area contributed by atoms with Crippen LogP contribution in [-0.2, 0) is 0 Å². The van der Waals surface area contributed by atoms with Gasteiger partial charge >= 0.3 is 0 Å². The minimum absolute atomic E-state index is 0.329. The number of hydrogen-bond acceptors (Lipinski definition) is 4. The van der Waals surface area contributed by atoms with Gasteiger partial charge < -0.3 is 9.80 Å². The van der Waals surface area contributed by atoms with E-state index in [4.69, 9.17) is 0 Å². The van der Waals surface area contributed by atoms with E-state index in [0.717, 1.165) is 26.1 Å². The molecule has 0 bridgehead atoms. The Bertz CT molecular complexity index is 295. The molecule has 0 fully saturated rings. The number of nitriles is 1. The summed E-state index contributed by atoms with van der Waals surface area (Å²) in [5.41, 5.74) is -0.442. The molecule has 0 saturated carbocycles. The molecule has 0 spiro atoms. The molecule has 0 aromatic rings. The standard InChI is InChI=1S/C16H34N4/c1-8-20(11-9-10-19(6)7)15(4)12-16(5,13-17)18-14(2)3/h14-15,18H,8-12H2,1-7H3. The van der Waals surface area contributed by atoms with Gasteiger partial charge in [-0.15, -0.1) is 0 Å². The molecule has 4 heteroatoms. The lowest BCUT2D eigenvalue weighted by Crippen LogP contribution is -2.50. The SMILES string of the molecule is CCN(CCCN(C)C)C(C)CC(C)(C#N)NC(C)C. The highest BCUT2D eigenvalue weighted by atomic mass is 15.2. The van der Waals surface area contributed by atoms with Gasteiger partial charge in [0, 0.05) is 12.1 Å². The molecule has 2 atom stereocenters. The number of hydrogen-bond donors (Lipinski definition) is 1. The van der Waals surface area contributed by atoms with Crippen LogP contribution in [0.4, 0.5) is 0 Å². The second-order valence-electron chi connectivity index (χ2n) is 6.58. The average molecular weight is 282 g/mol. The van der Waals surface area contributed by atoms with Crippen LogP contribution >= 0.6 is 0 Å². The van der Waals surface area contributed by atoms with Gasteiger partial charge in [-0.2, -0.15) is 5.26 Å². The number of rotatable bonds is 10. The lowest BCUT2D eigenvalue weighted by molar-refractivity contribution is 0.174. The summed E-state index contributed by atoms with van der Waals surface area (Å²) in [5, 5.41) is 12.8. The average Bonchev–Trinajstić information content (AvgIpc) is 2.33. The topological polar surface area (TPSA) is 42.3 Å². The molecule has 0 amide bonds. The van der Waals surface area contributed by atoms with E-state index in [1.165, 1.54) is 6.42 Å². The maximum absolute atomic E-state index is 9.45. The van der Waals surface area contributed by atoms with E-state index in [9.17, 15) is 5.26 Å². The van der Waals surface area contributed by atoms with E-state index in [0.29, 0.717) is 12.1 Å². The van der Waals surface area contributed by atoms with Crippen LogP contribution in [0.15, 0.2) is 0 Å². The van der Waals surface area contributed by atoms with Gasteiger partial charge in [0.1, 0.15) is 5.54 Å². The summed E-state index contributed by atoms with van der Waals surface area (Å²) >= 11 is 0. The normalized spacial score (nSPS) is 16.4. The zero-order valence-corrected chi connectivity index (χ0v) is 14.5. The zero-order chi connectivity index (χ0) is 15.8. The molecule has 0 aliphatic heterocycles. The van der Waals surface area contributed by atoms with E-state index in [1.54, 1.807) is 0 Å². The third kappa shape index (κ3) is 7.84. The fourth-order valence-corrected chi connectivity index (χ4v) is 2.77. The first kappa shape index (κ1) is 19.4. The second kappa shape index (κ2) is 9.33. The molecule has 0 aromatic carbocycles. The van der Waals surface area contributed by atoms with Crippen LogP contribution in [0.2, 0.25) is 0 Å². The molecule has 20 heavy (non-hydrogen) atoms. The number of nitrogens with one attached hydrogen (secondary N) is 1. The predicted molar refractivity (Wildman–Crippen MR) is 86.8 cm³/mol. The van der Waals surface area contributed by atoms with Crippen molar-refractivity contribution >= 4 is 0 Å². The van der Waals surface area contributed by atoms with Crippen LogP contribution in [0.5, 0.6) is 0 Å². The van der Waals surface area contributed by atoms with Crippen LogP contribution in [0.3, 0.4) is 0 Å². The lowest BCUT2D eigenvalue weighted by atomic mass is 9.93. The van der Waals surface area contributed by atoms with Crippen LogP contribution in [0, 0.1) is 11.3 Å². The van der Waals surface area contributed by atoms with E-state index >= 15 is 0 Å². The van der Waals surface area contributed by atoms with Crippen molar-refractivity contribution in [2.24, 2.45) is 0 Å². The number of nitrogens with zero attached hydrogens (tertiary/aromatic N) is 3. The summed E-state index contributed by atoms with van der Waals surface area (Å²) in [4.78, 5) is 4.69. The highest BCUT2D eigenvalue weighted by Crippen LogP contribution is 2.17. The molecule has 1 N–H and O–H groups in total. The highest BCUT2D eigenvalue weighted by molar-refractivity contribution is 5.06. The van der Waals surface area contributed by atoms with Crippen LogP contribution in [-0.4, -0.2) is 61.2 Å². The van der Waals surface area contributed by atoms with Crippen LogP contribution in [0.25, 0.3) is 0 Å². The molecule has 0 aliphatic rings. The Kier molecular flexibility index (Phi) is 9.04. The molecule has 0 aliphatic carbocycles. The van der Waals surface area contributed by atoms with E-state index < -0.39 is 5.54 Å². The monoisotopic (exact) mass is 282 g/mol. The first-order chi connectivity index (χ1) is 9.24. The Morgan fingerprint density at radius 2 is 1.80 bits per heavy atom. The van der Waals surface area contributed by atoms with Crippen molar-refractivity contribution in [3.8, 4) is 6.07 Å². The second-order valence-corrected chi connectivity index (χ2v) is 6.58. The molecule has 0 aromatic heterocycles. The Morgan fingerprint density at radius 3 is 2.20 bits per heavy atom. The quantitative estimate of drug-likeness (QED) is 0.668. The summed E-state index contributed by atoms with van der Waals surface area (Å²) < 4.78 is 0. The summed E-state index contributed by atoms with van der Waals surface area (Å²) in [6.07, 6.45) is 2.03. The molecule has 0 saturated heterocycles. The molecule has 0 radical (unpaired) electrons. The van der Waals surface area contributed by atoms with Crippen molar-refractivity contribution in [1.29, 1.82) is 5.26 Å². The predicted octanol–water partition coefficient (Wildman–Crippen LogP) is 2.32. The van der Waals surface area contributed by atoms with Crippen molar-refractivity contribution in [2.75, 3.05) is 33.7 Å². The minimum Gasteiger partial charge on any atom is -0.309 e. The van der Waals surface area contributed by atoms with Crippen molar-refractivity contribution in [3.63, 3.8) is 0 Å². The lowest BCUT2D eigenvalue weighted by Gasteiger charge is -2.34. The fourth-order valence-electron chi connectivity index (χ4n) is 2.77. The van der Waals surface area contributed by atoms with Gasteiger partial charge in [0.25, 0.3) is 0 Å².